The summed E-state index contributed by atoms with van der Waals surface area (Å²) in [5, 5.41) is 5.22. The van der Waals surface area contributed by atoms with E-state index < -0.39 is 0 Å². The summed E-state index contributed by atoms with van der Waals surface area (Å²) in [5.41, 5.74) is 11.3. The van der Waals surface area contributed by atoms with Crippen LogP contribution in [0.25, 0.3) is 71.6 Å². The zero-order chi connectivity index (χ0) is 29.0. The quantitative estimate of drug-likeness (QED) is 0.188. The van der Waals surface area contributed by atoms with E-state index in [4.69, 9.17) is 0 Å². The van der Waals surface area contributed by atoms with Gasteiger partial charge in [-0.15, -0.1) is 0 Å². The molecule has 1 aliphatic rings. The molecule has 0 N–H and O–H groups in total. The number of nitrogens with zero attached hydrogens (tertiary/aromatic N) is 2. The molecule has 0 saturated heterocycles. The Morgan fingerprint density at radius 1 is 0.455 bits per heavy atom. The summed E-state index contributed by atoms with van der Waals surface area (Å²) in [6, 6.07) is 51.7. The molecule has 0 bridgehead atoms. The first-order valence-corrected chi connectivity index (χ1v) is 15.7. The molecule has 2 heterocycles. The van der Waals surface area contributed by atoms with Gasteiger partial charge in [0.2, 0.25) is 0 Å². The first kappa shape index (κ1) is 25.2. The molecule has 9 rings (SSSR count). The van der Waals surface area contributed by atoms with Gasteiger partial charge in [-0.2, -0.15) is 0 Å². The highest BCUT2D eigenvalue weighted by Gasteiger charge is 2.19. The fourth-order valence-corrected chi connectivity index (χ4v) is 7.44. The monoisotopic (exact) mass is 564 g/mol. The van der Waals surface area contributed by atoms with Crippen molar-refractivity contribution in [2.75, 3.05) is 0 Å². The lowest BCUT2D eigenvalue weighted by Gasteiger charge is -2.21. The van der Waals surface area contributed by atoms with Crippen molar-refractivity contribution in [3.8, 4) is 27.9 Å². The van der Waals surface area contributed by atoms with E-state index in [0.717, 1.165) is 0 Å². The van der Waals surface area contributed by atoms with Crippen molar-refractivity contribution in [3.05, 3.63) is 152 Å². The first-order valence-electron chi connectivity index (χ1n) is 15.7. The molecule has 44 heavy (non-hydrogen) atoms. The van der Waals surface area contributed by atoms with Crippen LogP contribution in [-0.4, -0.2) is 9.13 Å². The third kappa shape index (κ3) is 3.95. The Kier molecular flexibility index (Phi) is 5.80. The molecular formula is C42H32N2. The van der Waals surface area contributed by atoms with Crippen molar-refractivity contribution in [2.45, 2.75) is 25.3 Å². The Morgan fingerprint density at radius 3 is 1.75 bits per heavy atom. The number of allylic oxidation sites excluding steroid dienone is 2. The maximum Gasteiger partial charge on any atom is 0.0541 e. The predicted octanol–water partition coefficient (Wildman–Crippen LogP) is 11.5. The Morgan fingerprint density at radius 2 is 1.02 bits per heavy atom. The van der Waals surface area contributed by atoms with Crippen LogP contribution < -0.4 is 0 Å². The van der Waals surface area contributed by atoms with Gasteiger partial charge in [-0.1, -0.05) is 97.1 Å². The van der Waals surface area contributed by atoms with Crippen molar-refractivity contribution in [3.63, 3.8) is 0 Å². The van der Waals surface area contributed by atoms with Crippen molar-refractivity contribution < 1.29 is 0 Å². The molecule has 2 aromatic heterocycles. The molecule has 0 spiro atoms. The summed E-state index contributed by atoms with van der Waals surface area (Å²) in [5.74, 6) is 0. The molecule has 0 fully saturated rings. The van der Waals surface area contributed by atoms with Crippen LogP contribution in [-0.2, 0) is 0 Å². The van der Waals surface area contributed by atoms with Crippen LogP contribution in [0.3, 0.4) is 0 Å². The Hall–Kier alpha value is -5.34. The largest absolute Gasteiger partial charge is 0.333 e. The smallest absolute Gasteiger partial charge is 0.0541 e. The molecule has 8 aromatic rings. The van der Waals surface area contributed by atoms with Gasteiger partial charge in [0.15, 0.2) is 0 Å². The van der Waals surface area contributed by atoms with Crippen LogP contribution in [0.15, 0.2) is 152 Å². The van der Waals surface area contributed by atoms with Gasteiger partial charge in [-0.25, -0.2) is 0 Å². The van der Waals surface area contributed by atoms with Crippen molar-refractivity contribution >= 4 is 43.6 Å². The molecule has 0 saturated carbocycles. The van der Waals surface area contributed by atoms with Crippen LogP contribution in [0.4, 0.5) is 0 Å². The molecule has 0 aliphatic heterocycles. The second-order valence-corrected chi connectivity index (χ2v) is 12.0. The third-order valence-electron chi connectivity index (χ3n) is 9.49. The lowest BCUT2D eigenvalue weighted by Crippen LogP contribution is -2.08. The second-order valence-electron chi connectivity index (χ2n) is 12.0. The number of hydrogen-bond donors (Lipinski definition) is 0. The minimum Gasteiger partial charge on any atom is -0.333 e. The van der Waals surface area contributed by atoms with Gasteiger partial charge in [0.1, 0.15) is 0 Å². The van der Waals surface area contributed by atoms with Crippen LogP contribution in [0.2, 0.25) is 0 Å². The second kappa shape index (κ2) is 10.1. The van der Waals surface area contributed by atoms with E-state index >= 15 is 0 Å². The topological polar surface area (TPSA) is 9.86 Å². The Balaban J connectivity index is 1.17. The van der Waals surface area contributed by atoms with E-state index in [1.54, 1.807) is 0 Å². The SMILES string of the molecule is C1=CC(n2c3ccccc3c3cc(-c4cccc(-c5ccc6c(c5)c5ccccc5n6-c5ccccc5)c4)ccc32)CCC1. The Bertz CT molecular complexity index is 2370. The van der Waals surface area contributed by atoms with Gasteiger partial charge < -0.3 is 9.13 Å². The van der Waals surface area contributed by atoms with E-state index in [9.17, 15) is 0 Å². The third-order valence-corrected chi connectivity index (χ3v) is 9.49. The van der Waals surface area contributed by atoms with E-state index in [1.165, 1.54) is 90.8 Å². The average Bonchev–Trinajstić information content (AvgIpc) is 3.61. The van der Waals surface area contributed by atoms with Crippen LogP contribution >= 0.6 is 0 Å². The number of rotatable bonds is 4. The summed E-state index contributed by atoms with van der Waals surface area (Å²) in [7, 11) is 0. The van der Waals surface area contributed by atoms with Gasteiger partial charge in [0.05, 0.1) is 17.1 Å². The van der Waals surface area contributed by atoms with E-state index in [-0.39, 0.29) is 0 Å². The normalized spacial score (nSPS) is 15.1. The van der Waals surface area contributed by atoms with Gasteiger partial charge in [-0.3, -0.25) is 0 Å². The van der Waals surface area contributed by atoms with Gasteiger partial charge >= 0.3 is 0 Å². The fourth-order valence-electron chi connectivity index (χ4n) is 7.44. The summed E-state index contributed by atoms with van der Waals surface area (Å²) < 4.78 is 4.93. The zero-order valence-corrected chi connectivity index (χ0v) is 24.5. The molecule has 2 nitrogen and oxygen atoms in total. The van der Waals surface area contributed by atoms with Crippen molar-refractivity contribution in [1.82, 2.24) is 9.13 Å². The number of aromatic nitrogens is 2. The number of para-hydroxylation sites is 3. The standard InChI is InChI=1S/C42H32N2/c1-3-14-33(15-4-1)43-39-20-9-7-18-35(39)37-27-31(22-24-41(37)43)29-12-11-13-30(26-29)32-23-25-42-38(28-32)36-19-8-10-21-40(36)44(42)34-16-5-2-6-17-34/h1,3-5,7-16,18-28,34H,2,6,17H2. The average molecular weight is 565 g/mol. The van der Waals surface area contributed by atoms with Gasteiger partial charge in [-0.05, 0) is 96.1 Å². The maximum absolute atomic E-state index is 2.56. The first-order chi connectivity index (χ1) is 21.8. The van der Waals surface area contributed by atoms with E-state index in [0.29, 0.717) is 6.04 Å². The summed E-state index contributed by atoms with van der Waals surface area (Å²) >= 11 is 0. The molecule has 6 aromatic carbocycles. The number of hydrogen-bond acceptors (Lipinski definition) is 0. The van der Waals surface area contributed by atoms with Crippen molar-refractivity contribution in [2.24, 2.45) is 0 Å². The van der Waals surface area contributed by atoms with Gasteiger partial charge in [0.25, 0.3) is 0 Å². The minimum absolute atomic E-state index is 0.420. The highest BCUT2D eigenvalue weighted by molar-refractivity contribution is 6.11. The molecule has 2 heteroatoms. The van der Waals surface area contributed by atoms with Crippen LogP contribution in [0.1, 0.15) is 25.3 Å². The molecule has 1 atom stereocenters. The fraction of sp³-hybridized carbons (Fsp3) is 0.0952. The number of benzene rings is 6. The summed E-state index contributed by atoms with van der Waals surface area (Å²) in [6.45, 7) is 0. The lowest BCUT2D eigenvalue weighted by molar-refractivity contribution is 0.542. The molecule has 0 radical (unpaired) electrons. The van der Waals surface area contributed by atoms with Gasteiger partial charge in [0, 0.05) is 38.3 Å². The van der Waals surface area contributed by atoms with Crippen LogP contribution in [0, 0.1) is 0 Å². The Labute approximate surface area is 257 Å². The lowest BCUT2D eigenvalue weighted by atomic mass is 9.97. The zero-order valence-electron chi connectivity index (χ0n) is 24.5. The maximum atomic E-state index is 2.56. The minimum atomic E-state index is 0.420. The predicted molar refractivity (Wildman–Crippen MR) is 187 cm³/mol. The summed E-state index contributed by atoms with van der Waals surface area (Å²) in [4.78, 5) is 0. The number of fused-ring (bicyclic) bond motifs is 6. The van der Waals surface area contributed by atoms with E-state index in [1.807, 2.05) is 0 Å². The highest BCUT2D eigenvalue weighted by atomic mass is 15.0. The molecule has 1 aliphatic carbocycles. The van der Waals surface area contributed by atoms with Crippen molar-refractivity contribution in [1.29, 1.82) is 0 Å². The summed E-state index contributed by atoms with van der Waals surface area (Å²) in [6.07, 6.45) is 8.39. The molecule has 210 valence electrons. The van der Waals surface area contributed by atoms with E-state index in [2.05, 4.69) is 161 Å². The highest BCUT2D eigenvalue weighted by Crippen LogP contribution is 2.39. The molecule has 1 unspecified atom stereocenters. The molecule has 0 amide bonds. The van der Waals surface area contributed by atoms with Crippen LogP contribution in [0.5, 0.6) is 0 Å². The molecular weight excluding hydrogens is 532 g/mol.